The number of nitrogens with one attached hydrogen (secondary N) is 1. The molecule has 21 heavy (non-hydrogen) atoms. The zero-order valence-corrected chi connectivity index (χ0v) is 11.3. The van der Waals surface area contributed by atoms with Gasteiger partial charge in [0, 0.05) is 12.1 Å². The van der Waals surface area contributed by atoms with Gasteiger partial charge in [-0.2, -0.15) is 10.4 Å². The summed E-state index contributed by atoms with van der Waals surface area (Å²) in [7, 11) is 0. The molecule has 0 unspecified atom stereocenters. The summed E-state index contributed by atoms with van der Waals surface area (Å²) in [5.74, 6) is 0. The molecule has 1 N–H and O–H groups in total. The normalized spacial score (nSPS) is 10.8. The molecule has 6 heteroatoms. The number of nitrogens with zero attached hydrogens (tertiary/aromatic N) is 3. The van der Waals surface area contributed by atoms with Crippen LogP contribution in [0.3, 0.4) is 0 Å². The Morgan fingerprint density at radius 1 is 1.29 bits per heavy atom. The number of non-ortho nitro benzene ring substituents is 1. The van der Waals surface area contributed by atoms with E-state index in [0.717, 1.165) is 5.56 Å². The van der Waals surface area contributed by atoms with Crippen LogP contribution in [0.25, 0.3) is 0 Å². The van der Waals surface area contributed by atoms with E-state index in [9.17, 15) is 10.1 Å². The first kappa shape index (κ1) is 14.2. The molecule has 0 amide bonds. The molecule has 2 aromatic carbocycles. The van der Waals surface area contributed by atoms with Crippen molar-refractivity contribution >= 4 is 17.1 Å². The molecule has 0 heterocycles. The lowest BCUT2D eigenvalue weighted by atomic mass is 10.1. The van der Waals surface area contributed by atoms with Crippen molar-refractivity contribution in [1.82, 2.24) is 0 Å². The molecule has 0 aromatic heterocycles. The second kappa shape index (κ2) is 6.30. The number of hydrazone groups is 1. The van der Waals surface area contributed by atoms with Crippen molar-refractivity contribution in [1.29, 1.82) is 5.26 Å². The van der Waals surface area contributed by atoms with Gasteiger partial charge in [0.1, 0.15) is 0 Å². The summed E-state index contributed by atoms with van der Waals surface area (Å²) in [6.07, 6.45) is 0. The maximum Gasteiger partial charge on any atom is 0.271 e. The first-order valence-corrected chi connectivity index (χ1v) is 6.15. The number of nitro benzene ring substituents is 1. The first-order chi connectivity index (χ1) is 10.1. The second-order valence-electron chi connectivity index (χ2n) is 4.31. The number of anilines is 1. The average Bonchev–Trinajstić information content (AvgIpc) is 2.53. The van der Waals surface area contributed by atoms with Crippen LogP contribution < -0.4 is 5.43 Å². The van der Waals surface area contributed by atoms with Gasteiger partial charge in [0.15, 0.2) is 0 Å². The molecular weight excluding hydrogens is 268 g/mol. The Bertz CT molecular complexity index is 730. The van der Waals surface area contributed by atoms with Gasteiger partial charge in [0.05, 0.1) is 28.0 Å². The molecule has 0 bridgehead atoms. The van der Waals surface area contributed by atoms with Crippen LogP contribution in [0.15, 0.2) is 53.6 Å². The minimum atomic E-state index is -0.456. The fourth-order valence-electron chi connectivity index (χ4n) is 1.69. The highest BCUT2D eigenvalue weighted by molar-refractivity contribution is 5.99. The predicted molar refractivity (Wildman–Crippen MR) is 80.1 cm³/mol. The van der Waals surface area contributed by atoms with Crippen molar-refractivity contribution in [3.05, 3.63) is 69.8 Å². The molecule has 0 spiro atoms. The SMILES string of the molecule is CC(=NNc1cccc([N+](=O)[O-])c1)c1ccc(C#N)cc1. The van der Waals surface area contributed by atoms with E-state index in [1.165, 1.54) is 12.1 Å². The zero-order valence-electron chi connectivity index (χ0n) is 11.3. The lowest BCUT2D eigenvalue weighted by Crippen LogP contribution is -2.00. The van der Waals surface area contributed by atoms with E-state index in [4.69, 9.17) is 5.26 Å². The Hall–Kier alpha value is -3.20. The van der Waals surface area contributed by atoms with Crippen molar-refractivity contribution in [2.45, 2.75) is 6.92 Å². The lowest BCUT2D eigenvalue weighted by molar-refractivity contribution is -0.384. The predicted octanol–water partition coefficient (Wildman–Crippen LogP) is 3.30. The van der Waals surface area contributed by atoms with E-state index in [-0.39, 0.29) is 5.69 Å². The van der Waals surface area contributed by atoms with Gasteiger partial charge >= 0.3 is 0 Å². The monoisotopic (exact) mass is 280 g/mol. The van der Waals surface area contributed by atoms with E-state index >= 15 is 0 Å². The summed E-state index contributed by atoms with van der Waals surface area (Å²) in [6, 6.07) is 15.2. The van der Waals surface area contributed by atoms with Crippen molar-refractivity contribution in [2.24, 2.45) is 5.10 Å². The number of nitro groups is 1. The Morgan fingerprint density at radius 2 is 2.00 bits per heavy atom. The molecular formula is C15H12N4O2. The van der Waals surface area contributed by atoms with Gasteiger partial charge in [-0.15, -0.1) is 0 Å². The summed E-state index contributed by atoms with van der Waals surface area (Å²) in [6.45, 7) is 1.81. The largest absolute Gasteiger partial charge is 0.278 e. The van der Waals surface area contributed by atoms with Crippen molar-refractivity contribution in [2.75, 3.05) is 5.43 Å². The molecule has 2 rings (SSSR count). The van der Waals surface area contributed by atoms with Gasteiger partial charge in [0.25, 0.3) is 5.69 Å². The zero-order chi connectivity index (χ0) is 15.2. The molecule has 0 saturated heterocycles. The van der Waals surface area contributed by atoms with Crippen LogP contribution in [-0.2, 0) is 0 Å². The van der Waals surface area contributed by atoms with Crippen LogP contribution in [0.5, 0.6) is 0 Å². The Kier molecular flexibility index (Phi) is 4.26. The molecule has 6 nitrogen and oxygen atoms in total. The second-order valence-corrected chi connectivity index (χ2v) is 4.31. The number of hydrogen-bond donors (Lipinski definition) is 1. The van der Waals surface area contributed by atoms with Gasteiger partial charge < -0.3 is 0 Å². The molecule has 104 valence electrons. The molecule has 2 aromatic rings. The van der Waals surface area contributed by atoms with Gasteiger partial charge in [-0.25, -0.2) is 0 Å². The fourth-order valence-corrected chi connectivity index (χ4v) is 1.69. The highest BCUT2D eigenvalue weighted by Crippen LogP contribution is 2.17. The van der Waals surface area contributed by atoms with Gasteiger partial charge in [-0.3, -0.25) is 15.5 Å². The topological polar surface area (TPSA) is 91.3 Å². The van der Waals surface area contributed by atoms with Gasteiger partial charge in [-0.1, -0.05) is 18.2 Å². The van der Waals surface area contributed by atoms with E-state index in [2.05, 4.69) is 10.5 Å². The average molecular weight is 280 g/mol. The lowest BCUT2D eigenvalue weighted by Gasteiger charge is -2.03. The van der Waals surface area contributed by atoms with E-state index in [1.54, 1.807) is 36.4 Å². The van der Waals surface area contributed by atoms with Crippen molar-refractivity contribution < 1.29 is 4.92 Å². The maximum absolute atomic E-state index is 10.7. The quantitative estimate of drug-likeness (QED) is 0.528. The number of benzene rings is 2. The van der Waals surface area contributed by atoms with Gasteiger partial charge in [0.2, 0.25) is 0 Å². The number of hydrogen-bond acceptors (Lipinski definition) is 5. The summed E-state index contributed by atoms with van der Waals surface area (Å²) >= 11 is 0. The minimum Gasteiger partial charge on any atom is -0.278 e. The smallest absolute Gasteiger partial charge is 0.271 e. The molecule has 0 aliphatic rings. The van der Waals surface area contributed by atoms with Crippen LogP contribution in [0.4, 0.5) is 11.4 Å². The Labute approximate surface area is 121 Å². The molecule has 0 atom stereocenters. The van der Waals surface area contributed by atoms with Crippen LogP contribution >= 0.6 is 0 Å². The number of nitriles is 1. The van der Waals surface area contributed by atoms with Crippen LogP contribution in [-0.4, -0.2) is 10.6 Å². The summed E-state index contributed by atoms with van der Waals surface area (Å²) in [4.78, 5) is 10.2. The molecule has 0 aliphatic heterocycles. The fraction of sp³-hybridized carbons (Fsp3) is 0.0667. The third-order valence-corrected chi connectivity index (χ3v) is 2.84. The number of rotatable bonds is 4. The summed E-state index contributed by atoms with van der Waals surface area (Å²) < 4.78 is 0. The van der Waals surface area contributed by atoms with Gasteiger partial charge in [-0.05, 0) is 30.7 Å². The third-order valence-electron chi connectivity index (χ3n) is 2.84. The Morgan fingerprint density at radius 3 is 2.62 bits per heavy atom. The molecule has 0 saturated carbocycles. The van der Waals surface area contributed by atoms with Crippen LogP contribution in [0, 0.1) is 21.4 Å². The molecule has 0 fully saturated rings. The van der Waals surface area contributed by atoms with Crippen molar-refractivity contribution in [3.8, 4) is 6.07 Å². The Balaban J connectivity index is 2.14. The molecule has 0 aliphatic carbocycles. The van der Waals surface area contributed by atoms with Crippen LogP contribution in [0.1, 0.15) is 18.1 Å². The van der Waals surface area contributed by atoms with E-state index in [0.29, 0.717) is 17.0 Å². The highest BCUT2D eigenvalue weighted by atomic mass is 16.6. The maximum atomic E-state index is 10.7. The highest BCUT2D eigenvalue weighted by Gasteiger charge is 2.05. The van der Waals surface area contributed by atoms with E-state index in [1.807, 2.05) is 13.0 Å². The third kappa shape index (κ3) is 3.64. The van der Waals surface area contributed by atoms with Crippen molar-refractivity contribution in [3.63, 3.8) is 0 Å². The van der Waals surface area contributed by atoms with E-state index < -0.39 is 4.92 Å². The first-order valence-electron chi connectivity index (χ1n) is 6.15. The summed E-state index contributed by atoms with van der Waals surface area (Å²) in [5.41, 5.74) is 5.49. The summed E-state index contributed by atoms with van der Waals surface area (Å²) in [5, 5.41) is 23.6. The van der Waals surface area contributed by atoms with Crippen LogP contribution in [0.2, 0.25) is 0 Å². The standard InChI is InChI=1S/C15H12N4O2/c1-11(13-7-5-12(10-16)6-8-13)17-18-14-3-2-4-15(9-14)19(20)21/h2-9,18H,1H3. The molecule has 0 radical (unpaired) electrons. The minimum absolute atomic E-state index is 0.00576.